The number of nitrogens with zero attached hydrogens (tertiary/aromatic N) is 1. The number of nitrogens with two attached hydrogens (primary N) is 1. The lowest BCUT2D eigenvalue weighted by molar-refractivity contribution is -0.121. The van der Waals surface area contributed by atoms with Crippen LogP contribution in [0.25, 0.3) is 0 Å². The second-order valence-corrected chi connectivity index (χ2v) is 2.80. The molecule has 0 aliphatic carbocycles. The summed E-state index contributed by atoms with van der Waals surface area (Å²) < 4.78 is 0. The highest BCUT2D eigenvalue weighted by atomic mass is 16.1. The van der Waals surface area contributed by atoms with Crippen LogP contribution in [0.15, 0.2) is 0 Å². The quantitative estimate of drug-likeness (QED) is 0.588. The highest BCUT2D eigenvalue weighted by Crippen LogP contribution is 2.08. The third-order valence-electron chi connectivity index (χ3n) is 1.95. The molecule has 0 aromatic rings. The third kappa shape index (κ3) is 1.55. The first-order chi connectivity index (χ1) is 4.72. The molecule has 1 rings (SSSR count). The molecule has 1 heterocycles. The van der Waals surface area contributed by atoms with Crippen molar-refractivity contribution in [1.29, 1.82) is 0 Å². The van der Waals surface area contributed by atoms with Crippen LogP contribution in [0.4, 0.5) is 0 Å². The molecule has 0 spiro atoms. The Balaban J connectivity index is 2.39. The Labute approximate surface area is 61.2 Å². The predicted octanol–water partition coefficient (Wildman–Crippen LogP) is -0.0440. The van der Waals surface area contributed by atoms with Crippen LogP contribution in [0.2, 0.25) is 0 Å². The maximum Gasteiger partial charge on any atom is 0.161 e. The highest BCUT2D eigenvalue weighted by Gasteiger charge is 2.20. The number of hydrogen-bond donors (Lipinski definition) is 1. The number of hydrogen-bond acceptors (Lipinski definition) is 3. The average molecular weight is 142 g/mol. The molecule has 1 unspecified atom stereocenters. The molecule has 0 amide bonds. The van der Waals surface area contributed by atoms with Crippen LogP contribution in [0.1, 0.15) is 19.8 Å². The van der Waals surface area contributed by atoms with Gasteiger partial charge in [0.2, 0.25) is 0 Å². The fourth-order valence-electron chi connectivity index (χ4n) is 1.28. The van der Waals surface area contributed by atoms with E-state index in [-0.39, 0.29) is 11.9 Å². The van der Waals surface area contributed by atoms with Crippen LogP contribution in [-0.4, -0.2) is 29.9 Å². The van der Waals surface area contributed by atoms with Gasteiger partial charge in [-0.25, -0.2) is 0 Å². The van der Waals surface area contributed by atoms with Crippen molar-refractivity contribution in [2.75, 3.05) is 13.1 Å². The van der Waals surface area contributed by atoms with Gasteiger partial charge in [-0.1, -0.05) is 0 Å². The van der Waals surface area contributed by atoms with Gasteiger partial charge in [0.05, 0.1) is 0 Å². The molecule has 0 aromatic heterocycles. The molecule has 0 bridgehead atoms. The van der Waals surface area contributed by atoms with E-state index in [0.29, 0.717) is 0 Å². The van der Waals surface area contributed by atoms with Crippen molar-refractivity contribution in [2.24, 2.45) is 5.73 Å². The van der Waals surface area contributed by atoms with Crippen molar-refractivity contribution in [3.05, 3.63) is 0 Å². The fourth-order valence-corrected chi connectivity index (χ4v) is 1.28. The van der Waals surface area contributed by atoms with E-state index in [2.05, 4.69) is 0 Å². The molecule has 10 heavy (non-hydrogen) atoms. The Morgan fingerprint density at radius 2 is 2.00 bits per heavy atom. The lowest BCUT2D eigenvalue weighted by Crippen LogP contribution is -2.45. The number of carbonyl (C=O) groups is 1. The lowest BCUT2D eigenvalue weighted by atomic mass is 10.3. The van der Waals surface area contributed by atoms with Gasteiger partial charge in [-0.15, -0.1) is 0 Å². The van der Waals surface area contributed by atoms with E-state index in [9.17, 15) is 4.79 Å². The van der Waals surface area contributed by atoms with Gasteiger partial charge in [0.1, 0.15) is 6.17 Å². The summed E-state index contributed by atoms with van der Waals surface area (Å²) in [6.45, 7) is 3.52. The van der Waals surface area contributed by atoms with Crippen LogP contribution in [-0.2, 0) is 4.79 Å². The number of carbonyl (C=O) groups excluding carboxylic acids is 1. The van der Waals surface area contributed by atoms with E-state index in [0.717, 1.165) is 13.1 Å². The van der Waals surface area contributed by atoms with E-state index in [1.807, 2.05) is 4.90 Å². The van der Waals surface area contributed by atoms with Crippen molar-refractivity contribution in [2.45, 2.75) is 25.9 Å². The number of rotatable bonds is 2. The molecule has 1 aliphatic rings. The van der Waals surface area contributed by atoms with Gasteiger partial charge >= 0.3 is 0 Å². The maximum atomic E-state index is 10.8. The van der Waals surface area contributed by atoms with E-state index in [1.165, 1.54) is 12.8 Å². The second kappa shape index (κ2) is 3.12. The molecule has 2 N–H and O–H groups in total. The topological polar surface area (TPSA) is 46.3 Å². The third-order valence-corrected chi connectivity index (χ3v) is 1.95. The van der Waals surface area contributed by atoms with Gasteiger partial charge in [-0.2, -0.15) is 0 Å². The Kier molecular flexibility index (Phi) is 2.40. The molecule has 3 heteroatoms. The van der Waals surface area contributed by atoms with Crippen LogP contribution in [0, 0.1) is 0 Å². The van der Waals surface area contributed by atoms with Crippen molar-refractivity contribution in [3.63, 3.8) is 0 Å². The Bertz CT molecular complexity index is 130. The Morgan fingerprint density at radius 3 is 2.40 bits per heavy atom. The van der Waals surface area contributed by atoms with Crippen molar-refractivity contribution in [1.82, 2.24) is 4.90 Å². The zero-order valence-electron chi connectivity index (χ0n) is 6.34. The summed E-state index contributed by atoms with van der Waals surface area (Å²) in [6, 6.07) is 0. The molecular weight excluding hydrogens is 128 g/mol. The minimum absolute atomic E-state index is 0.0712. The van der Waals surface area contributed by atoms with E-state index < -0.39 is 0 Å². The maximum absolute atomic E-state index is 10.8. The molecule has 1 fully saturated rings. The summed E-state index contributed by atoms with van der Waals surface area (Å²) in [5, 5.41) is 0. The van der Waals surface area contributed by atoms with E-state index >= 15 is 0 Å². The molecular formula is C7H14N2O. The van der Waals surface area contributed by atoms with Gasteiger partial charge in [0, 0.05) is 13.1 Å². The van der Waals surface area contributed by atoms with Gasteiger partial charge in [-0.05, 0) is 19.8 Å². The standard InChI is InChI=1S/C7H14N2O/c1-6(10)7(8)9-4-2-3-5-9/h7H,2-5,8H2,1H3. The summed E-state index contributed by atoms with van der Waals surface area (Å²) in [5.41, 5.74) is 5.60. The minimum atomic E-state index is -0.345. The van der Waals surface area contributed by atoms with E-state index in [4.69, 9.17) is 5.73 Å². The number of Topliss-reactive ketones (excluding diaryl/α,β-unsaturated/α-hetero) is 1. The molecule has 3 nitrogen and oxygen atoms in total. The van der Waals surface area contributed by atoms with E-state index in [1.54, 1.807) is 6.92 Å². The SMILES string of the molecule is CC(=O)C(N)N1CCCC1. The minimum Gasteiger partial charge on any atom is -0.309 e. The average Bonchev–Trinajstić information content (AvgIpc) is 2.36. The first kappa shape index (κ1) is 7.69. The summed E-state index contributed by atoms with van der Waals surface area (Å²) in [5.74, 6) is 0.0712. The van der Waals surface area contributed by atoms with Gasteiger partial charge < -0.3 is 5.73 Å². The van der Waals surface area contributed by atoms with Crippen LogP contribution < -0.4 is 5.73 Å². The monoisotopic (exact) mass is 142 g/mol. The molecule has 58 valence electrons. The lowest BCUT2D eigenvalue weighted by Gasteiger charge is -2.20. The molecule has 0 aromatic carbocycles. The first-order valence-corrected chi connectivity index (χ1v) is 3.72. The van der Waals surface area contributed by atoms with Crippen LogP contribution in [0.3, 0.4) is 0 Å². The molecule has 0 saturated carbocycles. The van der Waals surface area contributed by atoms with Crippen molar-refractivity contribution in [3.8, 4) is 0 Å². The predicted molar refractivity (Wildman–Crippen MR) is 39.5 cm³/mol. The van der Waals surface area contributed by atoms with Crippen molar-refractivity contribution < 1.29 is 4.79 Å². The Hall–Kier alpha value is -0.410. The van der Waals surface area contributed by atoms with Crippen LogP contribution >= 0.6 is 0 Å². The van der Waals surface area contributed by atoms with Crippen LogP contribution in [0.5, 0.6) is 0 Å². The fraction of sp³-hybridized carbons (Fsp3) is 0.857. The normalized spacial score (nSPS) is 23.0. The van der Waals surface area contributed by atoms with Gasteiger partial charge in [0.15, 0.2) is 5.78 Å². The summed E-state index contributed by atoms with van der Waals surface area (Å²) >= 11 is 0. The van der Waals surface area contributed by atoms with Gasteiger partial charge in [0.25, 0.3) is 0 Å². The summed E-state index contributed by atoms with van der Waals surface area (Å²) in [4.78, 5) is 12.8. The van der Waals surface area contributed by atoms with Crippen molar-refractivity contribution >= 4 is 5.78 Å². The second-order valence-electron chi connectivity index (χ2n) is 2.80. The molecule has 1 atom stereocenters. The zero-order chi connectivity index (χ0) is 7.56. The summed E-state index contributed by atoms with van der Waals surface area (Å²) in [7, 11) is 0. The first-order valence-electron chi connectivity index (χ1n) is 3.72. The smallest absolute Gasteiger partial charge is 0.161 e. The Morgan fingerprint density at radius 1 is 1.50 bits per heavy atom. The number of ketones is 1. The zero-order valence-corrected chi connectivity index (χ0v) is 6.34. The van der Waals surface area contributed by atoms with Gasteiger partial charge in [-0.3, -0.25) is 9.69 Å². The highest BCUT2D eigenvalue weighted by molar-refractivity contribution is 5.80. The molecule has 1 aliphatic heterocycles. The number of likely N-dealkylation sites (tertiary alicyclic amines) is 1. The molecule has 1 saturated heterocycles. The molecule has 0 radical (unpaired) electrons. The largest absolute Gasteiger partial charge is 0.309 e. The summed E-state index contributed by atoms with van der Waals surface area (Å²) in [6.07, 6.45) is 2.02.